The molecule has 2 aromatic rings. The van der Waals surface area contributed by atoms with Gasteiger partial charge in [0.2, 0.25) is 11.7 Å². The smallest absolute Gasteiger partial charge is 0.337 e. The summed E-state index contributed by atoms with van der Waals surface area (Å²) in [4.78, 5) is 37.2. The fraction of sp³-hybridized carbons (Fsp3) is 0.158. The molecule has 3 rings (SSSR count). The topological polar surface area (TPSA) is 76.0 Å². The van der Waals surface area contributed by atoms with E-state index in [0.29, 0.717) is 16.8 Å². The standard InChI is InChI=1S/C19H16N2O4S/c1-3-16(22)21(13-10-8-12(9-11-13)19(24)25-2)20-18-17(23)14-6-4-5-7-15(14)26-18/h4-11H,3H2,1-2H3/b20-18+. The normalized spacial score (nSPS) is 14.2. The van der Waals surface area contributed by atoms with E-state index in [9.17, 15) is 14.4 Å². The molecule has 1 amide bonds. The summed E-state index contributed by atoms with van der Waals surface area (Å²) in [7, 11) is 1.30. The molecular weight excluding hydrogens is 352 g/mol. The van der Waals surface area contributed by atoms with Gasteiger partial charge in [-0.05, 0) is 36.4 Å². The van der Waals surface area contributed by atoms with Gasteiger partial charge in [0, 0.05) is 16.9 Å². The molecule has 0 bridgehead atoms. The third-order valence-corrected chi connectivity index (χ3v) is 4.83. The van der Waals surface area contributed by atoms with E-state index < -0.39 is 5.97 Å². The van der Waals surface area contributed by atoms with Crippen LogP contribution in [0.2, 0.25) is 0 Å². The number of esters is 1. The Kier molecular flexibility index (Phi) is 5.18. The number of benzene rings is 2. The summed E-state index contributed by atoms with van der Waals surface area (Å²) in [5.41, 5.74) is 1.43. The molecule has 0 saturated carbocycles. The first-order chi connectivity index (χ1) is 12.5. The Bertz CT molecular complexity index is 906. The lowest BCUT2D eigenvalue weighted by atomic mass is 10.1. The van der Waals surface area contributed by atoms with Gasteiger partial charge in [0.25, 0.3) is 0 Å². The molecule has 7 heteroatoms. The minimum atomic E-state index is -0.465. The SMILES string of the molecule is CCC(=O)N(/N=C1/Sc2ccccc2C1=O)c1ccc(C(=O)OC)cc1. The van der Waals surface area contributed by atoms with Crippen LogP contribution in [0.3, 0.4) is 0 Å². The van der Waals surface area contributed by atoms with Gasteiger partial charge < -0.3 is 4.74 Å². The lowest BCUT2D eigenvalue weighted by molar-refractivity contribution is -0.118. The highest BCUT2D eigenvalue weighted by atomic mass is 32.2. The number of hydrogen-bond donors (Lipinski definition) is 0. The van der Waals surface area contributed by atoms with Gasteiger partial charge in [-0.15, -0.1) is 0 Å². The summed E-state index contributed by atoms with van der Waals surface area (Å²) in [6.07, 6.45) is 0.224. The van der Waals surface area contributed by atoms with Crippen molar-refractivity contribution in [3.8, 4) is 0 Å². The van der Waals surface area contributed by atoms with E-state index in [4.69, 9.17) is 0 Å². The van der Waals surface area contributed by atoms with Crippen molar-refractivity contribution in [3.63, 3.8) is 0 Å². The summed E-state index contributed by atoms with van der Waals surface area (Å²) in [6.45, 7) is 1.72. The maximum atomic E-state index is 12.5. The van der Waals surface area contributed by atoms with E-state index in [1.165, 1.54) is 23.9 Å². The molecule has 1 aliphatic heterocycles. The molecule has 0 N–H and O–H groups in total. The number of fused-ring (bicyclic) bond motifs is 1. The molecule has 1 heterocycles. The molecule has 0 spiro atoms. The number of hydrazone groups is 1. The summed E-state index contributed by atoms with van der Waals surface area (Å²) in [5.74, 6) is -0.924. The van der Waals surface area contributed by atoms with E-state index in [-0.39, 0.29) is 23.2 Å². The number of thioether (sulfide) groups is 1. The average Bonchev–Trinajstić information content (AvgIpc) is 3.01. The van der Waals surface area contributed by atoms with Crippen LogP contribution in [0, 0.1) is 0 Å². The maximum Gasteiger partial charge on any atom is 0.337 e. The minimum absolute atomic E-state index is 0.203. The Morgan fingerprint density at radius 2 is 1.81 bits per heavy atom. The van der Waals surface area contributed by atoms with Crippen molar-refractivity contribution >= 4 is 40.2 Å². The summed E-state index contributed by atoms with van der Waals surface area (Å²) in [6, 6.07) is 13.5. The zero-order valence-electron chi connectivity index (χ0n) is 14.3. The van der Waals surface area contributed by atoms with Crippen LogP contribution < -0.4 is 5.01 Å². The van der Waals surface area contributed by atoms with Crippen molar-refractivity contribution in [2.45, 2.75) is 18.2 Å². The number of hydrogen-bond acceptors (Lipinski definition) is 6. The number of methoxy groups -OCH3 is 1. The number of nitrogens with zero attached hydrogens (tertiary/aromatic N) is 2. The van der Waals surface area contributed by atoms with E-state index in [0.717, 1.165) is 4.90 Å². The highest BCUT2D eigenvalue weighted by Crippen LogP contribution is 2.34. The lowest BCUT2D eigenvalue weighted by Crippen LogP contribution is -2.26. The largest absolute Gasteiger partial charge is 0.465 e. The molecule has 26 heavy (non-hydrogen) atoms. The highest BCUT2D eigenvalue weighted by Gasteiger charge is 2.29. The molecule has 132 valence electrons. The maximum absolute atomic E-state index is 12.5. The van der Waals surface area contributed by atoms with Crippen molar-refractivity contribution in [1.82, 2.24) is 0 Å². The summed E-state index contributed by atoms with van der Waals surface area (Å²) < 4.78 is 4.67. The molecule has 0 aromatic heterocycles. The van der Waals surface area contributed by atoms with Crippen LogP contribution in [0.5, 0.6) is 0 Å². The number of anilines is 1. The molecule has 0 unspecified atom stereocenters. The van der Waals surface area contributed by atoms with Crippen LogP contribution in [0.4, 0.5) is 5.69 Å². The number of rotatable bonds is 4. The van der Waals surface area contributed by atoms with Crippen LogP contribution in [-0.4, -0.2) is 29.8 Å². The van der Waals surface area contributed by atoms with Crippen LogP contribution in [-0.2, 0) is 9.53 Å². The number of ether oxygens (including phenoxy) is 1. The van der Waals surface area contributed by atoms with Gasteiger partial charge in [0.1, 0.15) is 0 Å². The predicted molar refractivity (Wildman–Crippen MR) is 99.6 cm³/mol. The Morgan fingerprint density at radius 1 is 1.12 bits per heavy atom. The fourth-order valence-electron chi connectivity index (χ4n) is 2.43. The minimum Gasteiger partial charge on any atom is -0.465 e. The zero-order valence-corrected chi connectivity index (χ0v) is 15.1. The van der Waals surface area contributed by atoms with E-state index in [1.54, 1.807) is 43.3 Å². The van der Waals surface area contributed by atoms with Gasteiger partial charge in [-0.2, -0.15) is 10.1 Å². The first kappa shape index (κ1) is 17.9. The number of carbonyl (C=O) groups excluding carboxylic acids is 3. The van der Waals surface area contributed by atoms with E-state index in [2.05, 4.69) is 9.84 Å². The second-order valence-corrected chi connectivity index (χ2v) is 6.46. The third-order valence-electron chi connectivity index (χ3n) is 3.80. The Hall–Kier alpha value is -2.93. The monoisotopic (exact) mass is 368 g/mol. The van der Waals surface area contributed by atoms with Crippen molar-refractivity contribution in [3.05, 3.63) is 59.7 Å². The molecule has 1 aliphatic rings. The Balaban J connectivity index is 1.94. The highest BCUT2D eigenvalue weighted by molar-refractivity contribution is 8.16. The number of Topliss-reactive ketones (excluding diaryl/α,β-unsaturated/α-hetero) is 1. The van der Waals surface area contributed by atoms with E-state index >= 15 is 0 Å². The van der Waals surface area contributed by atoms with Gasteiger partial charge in [0.15, 0.2) is 5.04 Å². The van der Waals surface area contributed by atoms with Crippen molar-refractivity contribution in [1.29, 1.82) is 0 Å². The Labute approximate surface area is 154 Å². The first-order valence-corrected chi connectivity index (χ1v) is 8.78. The third kappa shape index (κ3) is 3.39. The number of carbonyl (C=O) groups is 3. The van der Waals surface area contributed by atoms with Gasteiger partial charge in [-0.3, -0.25) is 9.59 Å². The number of ketones is 1. The second-order valence-electron chi connectivity index (χ2n) is 5.43. The van der Waals surface area contributed by atoms with Crippen LogP contribution >= 0.6 is 11.8 Å². The van der Waals surface area contributed by atoms with Crippen molar-refractivity contribution in [2.75, 3.05) is 12.1 Å². The molecule has 2 aromatic carbocycles. The summed E-state index contributed by atoms with van der Waals surface area (Å²) in [5, 5.41) is 5.75. The van der Waals surface area contributed by atoms with Crippen LogP contribution in [0.15, 0.2) is 58.5 Å². The Morgan fingerprint density at radius 3 is 2.42 bits per heavy atom. The molecule has 0 radical (unpaired) electrons. The van der Waals surface area contributed by atoms with Crippen molar-refractivity contribution < 1.29 is 19.1 Å². The van der Waals surface area contributed by atoms with Crippen molar-refractivity contribution in [2.24, 2.45) is 5.10 Å². The molecular formula is C19H16N2O4S. The molecule has 0 fully saturated rings. The average molecular weight is 368 g/mol. The zero-order chi connectivity index (χ0) is 18.7. The second kappa shape index (κ2) is 7.53. The van der Waals surface area contributed by atoms with Crippen LogP contribution in [0.25, 0.3) is 0 Å². The predicted octanol–water partition coefficient (Wildman–Crippen LogP) is 3.52. The van der Waals surface area contributed by atoms with Gasteiger partial charge in [-0.25, -0.2) is 4.79 Å². The fourth-order valence-corrected chi connectivity index (χ4v) is 3.38. The molecule has 0 saturated heterocycles. The number of amides is 1. The molecule has 0 atom stereocenters. The lowest BCUT2D eigenvalue weighted by Gasteiger charge is -2.17. The molecule has 0 aliphatic carbocycles. The van der Waals surface area contributed by atoms with Gasteiger partial charge in [-0.1, -0.05) is 30.8 Å². The van der Waals surface area contributed by atoms with E-state index in [1.807, 2.05) is 12.1 Å². The summed E-state index contributed by atoms with van der Waals surface area (Å²) >= 11 is 1.24. The quantitative estimate of drug-likeness (QED) is 0.610. The molecule has 6 nitrogen and oxygen atoms in total. The first-order valence-electron chi connectivity index (χ1n) is 7.96. The van der Waals surface area contributed by atoms with Crippen LogP contribution in [0.1, 0.15) is 34.1 Å². The van der Waals surface area contributed by atoms with Gasteiger partial charge in [0.05, 0.1) is 18.4 Å². The van der Waals surface area contributed by atoms with Gasteiger partial charge >= 0.3 is 5.97 Å².